The summed E-state index contributed by atoms with van der Waals surface area (Å²) in [6, 6.07) is 5.45. The predicted octanol–water partition coefficient (Wildman–Crippen LogP) is 3.53. The molecule has 0 amide bonds. The molecule has 0 heterocycles. The van der Waals surface area contributed by atoms with E-state index in [1.165, 1.54) is 0 Å². The third kappa shape index (κ3) is 3.89. The van der Waals surface area contributed by atoms with Gasteiger partial charge in [0.25, 0.3) is 0 Å². The summed E-state index contributed by atoms with van der Waals surface area (Å²) in [7, 11) is 0. The lowest BCUT2D eigenvalue weighted by Crippen LogP contribution is -2.00. The highest BCUT2D eigenvalue weighted by Gasteiger charge is 2.09. The lowest BCUT2D eigenvalue weighted by molar-refractivity contribution is 0.175. The van der Waals surface area contributed by atoms with Gasteiger partial charge in [0.15, 0.2) is 0 Å². The molecule has 2 nitrogen and oxygen atoms in total. The van der Waals surface area contributed by atoms with Crippen molar-refractivity contribution < 1.29 is 9.84 Å². The van der Waals surface area contributed by atoms with Crippen molar-refractivity contribution in [2.45, 2.75) is 19.4 Å². The Bertz CT molecular complexity index is 331. The number of ether oxygens (including phenoxy) is 1. The smallest absolute Gasteiger partial charge is 0.137 e. The molecule has 0 aliphatic heterocycles. The fourth-order valence-corrected chi connectivity index (χ4v) is 2.10. The zero-order valence-corrected chi connectivity index (χ0v) is 11.1. The van der Waals surface area contributed by atoms with Crippen molar-refractivity contribution in [2.75, 3.05) is 18.6 Å². The van der Waals surface area contributed by atoms with Crippen molar-refractivity contribution in [3.05, 3.63) is 28.8 Å². The zero-order chi connectivity index (χ0) is 12.0. The molecule has 0 aliphatic carbocycles. The fourth-order valence-electron chi connectivity index (χ4n) is 1.39. The molecule has 0 aliphatic rings. The van der Waals surface area contributed by atoms with E-state index in [9.17, 15) is 5.11 Å². The molecular formula is C12H17ClO2S. The predicted molar refractivity (Wildman–Crippen MR) is 70.6 cm³/mol. The minimum atomic E-state index is -0.444. The van der Waals surface area contributed by atoms with E-state index < -0.39 is 6.10 Å². The highest BCUT2D eigenvalue weighted by atomic mass is 35.5. The van der Waals surface area contributed by atoms with Gasteiger partial charge in [0.1, 0.15) is 5.75 Å². The first kappa shape index (κ1) is 13.7. The molecule has 1 rings (SSSR count). The van der Waals surface area contributed by atoms with Crippen molar-refractivity contribution in [3.8, 4) is 5.75 Å². The molecular weight excluding hydrogens is 244 g/mol. The summed E-state index contributed by atoms with van der Waals surface area (Å²) >= 11 is 7.77. The number of halogens is 1. The van der Waals surface area contributed by atoms with Crippen molar-refractivity contribution in [1.29, 1.82) is 0 Å². The number of aliphatic hydroxyl groups excluding tert-OH is 1. The SMILES string of the molecule is CCOc1ccc(C(O)CCSC)cc1Cl. The van der Waals surface area contributed by atoms with E-state index in [0.717, 1.165) is 17.7 Å². The van der Waals surface area contributed by atoms with Crippen LogP contribution in [0.2, 0.25) is 5.02 Å². The van der Waals surface area contributed by atoms with E-state index >= 15 is 0 Å². The average molecular weight is 261 g/mol. The summed E-state index contributed by atoms with van der Waals surface area (Å²) in [5, 5.41) is 10.4. The van der Waals surface area contributed by atoms with Crippen LogP contribution in [0.15, 0.2) is 18.2 Å². The Morgan fingerprint density at radius 3 is 2.81 bits per heavy atom. The van der Waals surface area contributed by atoms with Gasteiger partial charge in [-0.05, 0) is 43.0 Å². The maximum absolute atomic E-state index is 9.88. The zero-order valence-electron chi connectivity index (χ0n) is 9.57. The molecule has 4 heteroatoms. The lowest BCUT2D eigenvalue weighted by atomic mass is 10.1. The molecule has 0 spiro atoms. The molecule has 0 saturated heterocycles. The van der Waals surface area contributed by atoms with Gasteiger partial charge in [0, 0.05) is 0 Å². The van der Waals surface area contributed by atoms with Gasteiger partial charge in [-0.25, -0.2) is 0 Å². The van der Waals surface area contributed by atoms with Crippen LogP contribution in [-0.4, -0.2) is 23.7 Å². The highest BCUT2D eigenvalue weighted by molar-refractivity contribution is 7.98. The Balaban J connectivity index is 2.71. The maximum Gasteiger partial charge on any atom is 0.137 e. The van der Waals surface area contributed by atoms with Crippen molar-refractivity contribution >= 4 is 23.4 Å². The van der Waals surface area contributed by atoms with E-state index in [-0.39, 0.29) is 0 Å². The second kappa shape index (κ2) is 7.05. The van der Waals surface area contributed by atoms with Crippen molar-refractivity contribution in [1.82, 2.24) is 0 Å². The standard InChI is InChI=1S/C12H17ClO2S/c1-3-15-12-5-4-9(8-10(12)13)11(14)6-7-16-2/h4-5,8,11,14H,3,6-7H2,1-2H3. The summed E-state index contributed by atoms with van der Waals surface area (Å²) in [5.41, 5.74) is 0.850. The molecule has 1 unspecified atom stereocenters. The van der Waals surface area contributed by atoms with Crippen LogP contribution in [0.3, 0.4) is 0 Å². The third-order valence-electron chi connectivity index (χ3n) is 2.24. The molecule has 0 bridgehead atoms. The van der Waals surface area contributed by atoms with Gasteiger partial charge in [-0.15, -0.1) is 0 Å². The van der Waals surface area contributed by atoms with E-state index in [1.807, 2.05) is 25.3 Å². The van der Waals surface area contributed by atoms with Gasteiger partial charge < -0.3 is 9.84 Å². The van der Waals surface area contributed by atoms with Crippen LogP contribution < -0.4 is 4.74 Å². The largest absolute Gasteiger partial charge is 0.492 e. The summed E-state index contributed by atoms with van der Waals surface area (Å²) in [4.78, 5) is 0. The van der Waals surface area contributed by atoms with Crippen LogP contribution in [0.1, 0.15) is 25.0 Å². The van der Waals surface area contributed by atoms with E-state index in [2.05, 4.69) is 0 Å². The van der Waals surface area contributed by atoms with E-state index in [0.29, 0.717) is 17.4 Å². The first-order valence-corrected chi connectivity index (χ1v) is 7.05. The number of rotatable bonds is 6. The minimum absolute atomic E-state index is 0.444. The Labute approximate surface area is 106 Å². The van der Waals surface area contributed by atoms with Crippen molar-refractivity contribution in [3.63, 3.8) is 0 Å². The minimum Gasteiger partial charge on any atom is -0.492 e. The van der Waals surface area contributed by atoms with E-state index in [4.69, 9.17) is 16.3 Å². The number of hydrogen-bond acceptors (Lipinski definition) is 3. The molecule has 0 fully saturated rings. The molecule has 0 radical (unpaired) electrons. The molecule has 1 atom stereocenters. The Hall–Kier alpha value is -0.380. The maximum atomic E-state index is 9.88. The molecule has 90 valence electrons. The number of benzene rings is 1. The topological polar surface area (TPSA) is 29.5 Å². The number of aliphatic hydroxyl groups is 1. The van der Waals surface area contributed by atoms with Crippen LogP contribution in [0.5, 0.6) is 5.75 Å². The molecule has 1 N–H and O–H groups in total. The molecule has 1 aromatic carbocycles. The van der Waals surface area contributed by atoms with Crippen LogP contribution in [0, 0.1) is 0 Å². The second-order valence-electron chi connectivity index (χ2n) is 3.42. The Kier molecular flexibility index (Phi) is 6.03. The highest BCUT2D eigenvalue weighted by Crippen LogP contribution is 2.29. The summed E-state index contributed by atoms with van der Waals surface area (Å²) < 4.78 is 5.33. The number of thioether (sulfide) groups is 1. The molecule has 1 aromatic rings. The van der Waals surface area contributed by atoms with Crippen LogP contribution >= 0.6 is 23.4 Å². The Morgan fingerprint density at radius 1 is 1.50 bits per heavy atom. The molecule has 0 aromatic heterocycles. The van der Waals surface area contributed by atoms with Crippen molar-refractivity contribution in [2.24, 2.45) is 0 Å². The number of hydrogen-bond donors (Lipinski definition) is 1. The molecule has 16 heavy (non-hydrogen) atoms. The third-order valence-corrected chi connectivity index (χ3v) is 3.18. The van der Waals surface area contributed by atoms with Gasteiger partial charge >= 0.3 is 0 Å². The Morgan fingerprint density at radius 2 is 2.25 bits per heavy atom. The quantitative estimate of drug-likeness (QED) is 0.849. The molecule has 0 saturated carbocycles. The van der Waals surface area contributed by atoms with Crippen LogP contribution in [-0.2, 0) is 0 Å². The van der Waals surface area contributed by atoms with Gasteiger partial charge in [0.2, 0.25) is 0 Å². The van der Waals surface area contributed by atoms with Gasteiger partial charge in [0.05, 0.1) is 17.7 Å². The summed E-state index contributed by atoms with van der Waals surface area (Å²) in [6.07, 6.45) is 2.32. The second-order valence-corrected chi connectivity index (χ2v) is 4.81. The first-order valence-electron chi connectivity index (χ1n) is 5.28. The van der Waals surface area contributed by atoms with Crippen LogP contribution in [0.4, 0.5) is 0 Å². The monoisotopic (exact) mass is 260 g/mol. The normalized spacial score (nSPS) is 12.5. The van der Waals surface area contributed by atoms with Gasteiger partial charge in [-0.3, -0.25) is 0 Å². The van der Waals surface area contributed by atoms with Gasteiger partial charge in [-0.2, -0.15) is 11.8 Å². The van der Waals surface area contributed by atoms with Gasteiger partial charge in [-0.1, -0.05) is 17.7 Å². The fraction of sp³-hybridized carbons (Fsp3) is 0.500. The lowest BCUT2D eigenvalue weighted by Gasteiger charge is -2.12. The summed E-state index contributed by atoms with van der Waals surface area (Å²) in [6.45, 7) is 2.51. The van der Waals surface area contributed by atoms with E-state index in [1.54, 1.807) is 17.8 Å². The first-order chi connectivity index (χ1) is 7.69. The average Bonchev–Trinajstić information content (AvgIpc) is 2.29. The van der Waals surface area contributed by atoms with Crippen LogP contribution in [0.25, 0.3) is 0 Å². The summed E-state index contributed by atoms with van der Waals surface area (Å²) in [5.74, 6) is 1.61.